The SMILES string of the molecule is Oc1cc(OCc2ccc(Cl)cc2)ccc1-c1[nH]ncc1Oc1ccc2ccccc2c1. The van der Waals surface area contributed by atoms with Crippen LogP contribution in [0.2, 0.25) is 5.02 Å². The molecule has 0 fully saturated rings. The van der Waals surface area contributed by atoms with Crippen LogP contribution in [0.25, 0.3) is 22.0 Å². The van der Waals surface area contributed by atoms with E-state index in [4.69, 9.17) is 21.1 Å². The summed E-state index contributed by atoms with van der Waals surface area (Å²) in [5, 5.41) is 20.5. The van der Waals surface area contributed by atoms with Gasteiger partial charge in [-0.05, 0) is 52.7 Å². The first-order chi connectivity index (χ1) is 15.7. The number of H-pyrrole nitrogens is 1. The highest BCUT2D eigenvalue weighted by molar-refractivity contribution is 6.30. The van der Waals surface area contributed by atoms with Crippen molar-refractivity contribution in [3.8, 4) is 34.3 Å². The summed E-state index contributed by atoms with van der Waals surface area (Å²) < 4.78 is 11.9. The molecule has 5 aromatic rings. The Morgan fingerprint density at radius 1 is 0.844 bits per heavy atom. The molecule has 0 spiro atoms. The number of rotatable bonds is 6. The van der Waals surface area contributed by atoms with Crippen LogP contribution in [0.1, 0.15) is 5.56 Å². The average Bonchev–Trinajstić information content (AvgIpc) is 3.26. The summed E-state index contributed by atoms with van der Waals surface area (Å²) in [5.41, 5.74) is 2.13. The number of nitrogens with one attached hydrogen (secondary N) is 1. The standard InChI is InChI=1S/C26H19ClN2O3/c27-20-8-5-17(6-9-20)16-31-21-11-12-23(24(30)14-21)26-25(15-28-29-26)32-22-10-7-18-3-1-2-4-19(18)13-22/h1-15,30H,16H2,(H,28,29). The van der Waals surface area contributed by atoms with Crippen molar-refractivity contribution < 1.29 is 14.6 Å². The summed E-state index contributed by atoms with van der Waals surface area (Å²) >= 11 is 5.91. The van der Waals surface area contributed by atoms with Crippen LogP contribution in [-0.4, -0.2) is 15.3 Å². The van der Waals surface area contributed by atoms with Gasteiger partial charge in [0.25, 0.3) is 0 Å². The fourth-order valence-electron chi connectivity index (χ4n) is 3.46. The number of phenolic OH excluding ortho intramolecular Hbond substituents is 1. The Labute approximate surface area is 189 Å². The average molecular weight is 443 g/mol. The topological polar surface area (TPSA) is 67.4 Å². The normalized spacial score (nSPS) is 10.9. The number of hydrogen-bond acceptors (Lipinski definition) is 4. The largest absolute Gasteiger partial charge is 0.507 e. The number of aromatic amines is 1. The summed E-state index contributed by atoms with van der Waals surface area (Å²) in [6.07, 6.45) is 1.59. The van der Waals surface area contributed by atoms with Gasteiger partial charge in [-0.25, -0.2) is 0 Å². The van der Waals surface area contributed by atoms with Crippen molar-refractivity contribution in [2.24, 2.45) is 0 Å². The maximum Gasteiger partial charge on any atom is 0.173 e. The van der Waals surface area contributed by atoms with E-state index in [0.29, 0.717) is 40.1 Å². The minimum absolute atomic E-state index is 0.0613. The van der Waals surface area contributed by atoms with Crippen LogP contribution in [0.4, 0.5) is 0 Å². The van der Waals surface area contributed by atoms with E-state index in [2.05, 4.69) is 16.3 Å². The third-order valence-corrected chi connectivity index (χ3v) is 5.36. The van der Waals surface area contributed by atoms with Gasteiger partial charge in [0.2, 0.25) is 0 Å². The first-order valence-corrected chi connectivity index (χ1v) is 10.4. The van der Waals surface area contributed by atoms with Crippen LogP contribution in [0.5, 0.6) is 23.0 Å². The molecule has 2 N–H and O–H groups in total. The Morgan fingerprint density at radius 3 is 2.44 bits per heavy atom. The van der Waals surface area contributed by atoms with Gasteiger partial charge in [-0.1, -0.05) is 54.1 Å². The van der Waals surface area contributed by atoms with Crippen molar-refractivity contribution in [1.82, 2.24) is 10.2 Å². The van der Waals surface area contributed by atoms with Gasteiger partial charge >= 0.3 is 0 Å². The second-order valence-electron chi connectivity index (χ2n) is 7.31. The second kappa shape index (κ2) is 8.65. The number of fused-ring (bicyclic) bond motifs is 1. The third kappa shape index (κ3) is 4.24. The zero-order valence-electron chi connectivity index (χ0n) is 17.0. The lowest BCUT2D eigenvalue weighted by atomic mass is 10.1. The van der Waals surface area contributed by atoms with Gasteiger partial charge in [0.1, 0.15) is 29.5 Å². The molecular formula is C26H19ClN2O3. The van der Waals surface area contributed by atoms with E-state index in [1.54, 1.807) is 24.4 Å². The molecule has 5 nitrogen and oxygen atoms in total. The summed E-state index contributed by atoms with van der Waals surface area (Å²) in [4.78, 5) is 0. The monoisotopic (exact) mass is 442 g/mol. The van der Waals surface area contributed by atoms with Gasteiger partial charge < -0.3 is 14.6 Å². The van der Waals surface area contributed by atoms with Crippen LogP contribution in [-0.2, 0) is 6.61 Å². The van der Waals surface area contributed by atoms with Crippen LogP contribution in [0.15, 0.2) is 91.1 Å². The van der Waals surface area contributed by atoms with Crippen LogP contribution >= 0.6 is 11.6 Å². The van der Waals surface area contributed by atoms with Gasteiger partial charge in [-0.2, -0.15) is 5.10 Å². The number of benzene rings is 4. The molecule has 0 radical (unpaired) electrons. The lowest BCUT2D eigenvalue weighted by Crippen LogP contribution is -1.95. The molecule has 158 valence electrons. The number of nitrogens with zero attached hydrogens (tertiary/aromatic N) is 1. The molecule has 0 aliphatic heterocycles. The highest BCUT2D eigenvalue weighted by Crippen LogP contribution is 2.38. The zero-order valence-corrected chi connectivity index (χ0v) is 17.7. The third-order valence-electron chi connectivity index (χ3n) is 5.11. The highest BCUT2D eigenvalue weighted by atomic mass is 35.5. The molecule has 1 heterocycles. The predicted octanol–water partition coefficient (Wildman–Crippen LogP) is 6.96. The molecule has 0 aliphatic rings. The van der Waals surface area contributed by atoms with E-state index in [9.17, 15) is 5.11 Å². The Balaban J connectivity index is 1.35. The first-order valence-electron chi connectivity index (χ1n) is 10.1. The van der Waals surface area contributed by atoms with Crippen molar-refractivity contribution in [3.05, 3.63) is 102 Å². The van der Waals surface area contributed by atoms with Gasteiger partial charge in [-0.3, -0.25) is 5.10 Å². The van der Waals surface area contributed by atoms with Crippen molar-refractivity contribution >= 4 is 22.4 Å². The Morgan fingerprint density at radius 2 is 1.62 bits per heavy atom. The fraction of sp³-hybridized carbons (Fsp3) is 0.0385. The van der Waals surface area contributed by atoms with E-state index in [0.717, 1.165) is 16.3 Å². The second-order valence-corrected chi connectivity index (χ2v) is 7.75. The molecule has 0 amide bonds. The Hall–Kier alpha value is -3.96. The number of halogens is 1. The number of aromatic nitrogens is 2. The van der Waals surface area contributed by atoms with Gasteiger partial charge in [-0.15, -0.1) is 0 Å². The highest BCUT2D eigenvalue weighted by Gasteiger charge is 2.15. The van der Waals surface area contributed by atoms with Crippen LogP contribution in [0.3, 0.4) is 0 Å². The van der Waals surface area contributed by atoms with Crippen molar-refractivity contribution in [1.29, 1.82) is 0 Å². The fourth-order valence-corrected chi connectivity index (χ4v) is 3.59. The minimum atomic E-state index is 0.0613. The summed E-state index contributed by atoms with van der Waals surface area (Å²) in [5.74, 6) is 1.82. The lowest BCUT2D eigenvalue weighted by Gasteiger charge is -2.11. The van der Waals surface area contributed by atoms with Crippen molar-refractivity contribution in [2.45, 2.75) is 6.61 Å². The molecule has 0 atom stereocenters. The Bertz CT molecular complexity index is 1380. The Kier molecular flexibility index (Phi) is 5.40. The molecular weight excluding hydrogens is 424 g/mol. The molecule has 1 aromatic heterocycles. The summed E-state index contributed by atoms with van der Waals surface area (Å²) in [6.45, 7) is 0.371. The zero-order chi connectivity index (χ0) is 21.9. The van der Waals surface area contributed by atoms with Gasteiger partial charge in [0.05, 0.1) is 6.20 Å². The molecule has 32 heavy (non-hydrogen) atoms. The van der Waals surface area contributed by atoms with Crippen LogP contribution in [0, 0.1) is 0 Å². The van der Waals surface area contributed by atoms with E-state index in [-0.39, 0.29) is 5.75 Å². The van der Waals surface area contributed by atoms with E-state index in [1.807, 2.05) is 60.7 Å². The number of phenols is 1. The molecule has 6 heteroatoms. The van der Waals surface area contributed by atoms with E-state index in [1.165, 1.54) is 0 Å². The van der Waals surface area contributed by atoms with Crippen molar-refractivity contribution in [3.63, 3.8) is 0 Å². The molecule has 0 unspecified atom stereocenters. The summed E-state index contributed by atoms with van der Waals surface area (Å²) in [7, 11) is 0. The van der Waals surface area contributed by atoms with E-state index < -0.39 is 0 Å². The molecule has 0 bridgehead atoms. The van der Waals surface area contributed by atoms with Gasteiger partial charge in [0, 0.05) is 16.7 Å². The smallest absolute Gasteiger partial charge is 0.173 e. The lowest BCUT2D eigenvalue weighted by molar-refractivity contribution is 0.304. The van der Waals surface area contributed by atoms with Crippen LogP contribution < -0.4 is 9.47 Å². The maximum atomic E-state index is 10.6. The van der Waals surface area contributed by atoms with Gasteiger partial charge in [0.15, 0.2) is 5.75 Å². The molecule has 0 saturated carbocycles. The van der Waals surface area contributed by atoms with Crippen molar-refractivity contribution in [2.75, 3.05) is 0 Å². The maximum absolute atomic E-state index is 10.6. The molecule has 0 saturated heterocycles. The summed E-state index contributed by atoms with van der Waals surface area (Å²) in [6, 6.07) is 26.5. The number of aromatic hydroxyl groups is 1. The molecule has 0 aliphatic carbocycles. The van der Waals surface area contributed by atoms with E-state index >= 15 is 0 Å². The number of ether oxygens (including phenoxy) is 2. The predicted molar refractivity (Wildman–Crippen MR) is 125 cm³/mol. The molecule has 4 aromatic carbocycles. The number of hydrogen-bond donors (Lipinski definition) is 2. The first kappa shape index (κ1) is 20.0. The minimum Gasteiger partial charge on any atom is -0.507 e. The quantitative estimate of drug-likeness (QED) is 0.298. The molecule has 5 rings (SSSR count).